The molecule has 2 aromatic carbocycles. The number of nitrogens with zero attached hydrogens (tertiary/aromatic N) is 1. The Kier molecular flexibility index (Phi) is 5.58. The van der Waals surface area contributed by atoms with Gasteiger partial charge in [0.25, 0.3) is 0 Å². The normalized spacial score (nSPS) is 19.1. The van der Waals surface area contributed by atoms with Gasteiger partial charge < -0.3 is 19.5 Å². The second-order valence-corrected chi connectivity index (χ2v) is 8.07. The molecule has 4 rings (SSSR count). The summed E-state index contributed by atoms with van der Waals surface area (Å²) in [7, 11) is 0. The molecule has 1 atom stereocenters. The first-order valence-electron chi connectivity index (χ1n) is 9.62. The van der Waals surface area contributed by atoms with E-state index in [2.05, 4.69) is 4.90 Å². The smallest absolute Gasteiger partial charge is 0.153 e. The summed E-state index contributed by atoms with van der Waals surface area (Å²) >= 11 is 6.10. The van der Waals surface area contributed by atoms with Gasteiger partial charge in [-0.1, -0.05) is 23.7 Å². The quantitative estimate of drug-likeness (QED) is 0.752. The molecule has 0 amide bonds. The molecule has 28 heavy (non-hydrogen) atoms. The molecule has 1 N–H and O–H groups in total. The van der Waals surface area contributed by atoms with E-state index in [1.165, 1.54) is 5.56 Å². The van der Waals surface area contributed by atoms with Gasteiger partial charge in [0.05, 0.1) is 5.56 Å². The highest BCUT2D eigenvalue weighted by Gasteiger charge is 2.42. The van der Waals surface area contributed by atoms with Gasteiger partial charge in [-0.25, -0.2) is 0 Å². The second kappa shape index (κ2) is 8.11. The number of piperidine rings is 1. The van der Waals surface area contributed by atoms with Gasteiger partial charge in [-0.15, -0.1) is 0 Å². The molecule has 0 aromatic heterocycles. The Balaban J connectivity index is 1.26. The molecule has 1 saturated heterocycles. The van der Waals surface area contributed by atoms with E-state index in [1.807, 2.05) is 24.3 Å². The standard InChI is InChI=1S/C22H24ClNO4/c23-18-5-6-21-17(11-18)12-22(28-21)7-9-24(10-8-22)13-19(26)15-27-20-4-2-1-3-16(20)14-25/h1-6,11,14,19,26H,7-10,12-13,15H2/t19-/m1/s1. The number of benzene rings is 2. The molecule has 6 heteroatoms. The van der Waals surface area contributed by atoms with E-state index in [1.54, 1.807) is 18.2 Å². The molecule has 0 bridgehead atoms. The number of likely N-dealkylation sites (tertiary alicyclic amines) is 1. The number of carbonyl (C=O) groups is 1. The Morgan fingerprint density at radius 2 is 2.04 bits per heavy atom. The van der Waals surface area contributed by atoms with Crippen LogP contribution in [0.2, 0.25) is 5.02 Å². The van der Waals surface area contributed by atoms with Gasteiger partial charge in [0.2, 0.25) is 0 Å². The van der Waals surface area contributed by atoms with Gasteiger partial charge in [-0.3, -0.25) is 4.79 Å². The first-order valence-corrected chi connectivity index (χ1v) is 10.00. The van der Waals surface area contributed by atoms with E-state index >= 15 is 0 Å². The Hall–Kier alpha value is -2.08. The molecule has 0 unspecified atom stereocenters. The van der Waals surface area contributed by atoms with E-state index in [4.69, 9.17) is 21.1 Å². The molecule has 1 spiro atoms. The molecular formula is C22H24ClNO4. The number of rotatable bonds is 6. The van der Waals surface area contributed by atoms with Crippen LogP contribution in [0.3, 0.4) is 0 Å². The zero-order valence-corrected chi connectivity index (χ0v) is 16.4. The van der Waals surface area contributed by atoms with Crippen LogP contribution in [0, 0.1) is 0 Å². The number of ether oxygens (including phenoxy) is 2. The molecule has 1 fully saturated rings. The lowest BCUT2D eigenvalue weighted by atomic mass is 9.87. The van der Waals surface area contributed by atoms with Crippen LogP contribution in [0.4, 0.5) is 0 Å². The lowest BCUT2D eigenvalue weighted by molar-refractivity contribution is -0.00198. The molecule has 2 aliphatic rings. The van der Waals surface area contributed by atoms with Gasteiger partial charge in [0.1, 0.15) is 29.8 Å². The predicted octanol–water partition coefficient (Wildman–Crippen LogP) is 3.36. The average Bonchev–Trinajstić information content (AvgIpc) is 3.05. The van der Waals surface area contributed by atoms with Crippen molar-refractivity contribution in [2.75, 3.05) is 26.2 Å². The summed E-state index contributed by atoms with van der Waals surface area (Å²) in [5, 5.41) is 11.1. The van der Waals surface area contributed by atoms with E-state index in [0.29, 0.717) is 17.9 Å². The zero-order chi connectivity index (χ0) is 19.6. The highest BCUT2D eigenvalue weighted by molar-refractivity contribution is 6.30. The summed E-state index contributed by atoms with van der Waals surface area (Å²) in [6.45, 7) is 2.43. The van der Waals surface area contributed by atoms with Gasteiger partial charge >= 0.3 is 0 Å². The van der Waals surface area contributed by atoms with Gasteiger partial charge in [-0.2, -0.15) is 0 Å². The molecule has 0 radical (unpaired) electrons. The average molecular weight is 402 g/mol. The first-order chi connectivity index (χ1) is 13.6. The number of aliphatic hydroxyl groups is 1. The van der Waals surface area contributed by atoms with Gasteiger partial charge in [0.15, 0.2) is 6.29 Å². The number of halogens is 1. The molecule has 2 heterocycles. The van der Waals surface area contributed by atoms with Crippen LogP contribution < -0.4 is 9.47 Å². The minimum absolute atomic E-state index is 0.145. The second-order valence-electron chi connectivity index (χ2n) is 7.64. The van der Waals surface area contributed by atoms with E-state index in [9.17, 15) is 9.90 Å². The predicted molar refractivity (Wildman–Crippen MR) is 108 cm³/mol. The Morgan fingerprint density at radius 3 is 2.82 bits per heavy atom. The van der Waals surface area contributed by atoms with Crippen LogP contribution in [0.1, 0.15) is 28.8 Å². The van der Waals surface area contributed by atoms with Crippen molar-refractivity contribution in [3.8, 4) is 11.5 Å². The number of β-amino-alcohol motifs (C(OH)–C–C–N with tert-alkyl or cyclic N) is 1. The Labute approximate surface area is 169 Å². The summed E-state index contributed by atoms with van der Waals surface area (Å²) in [6.07, 6.45) is 2.87. The third-order valence-corrected chi connectivity index (χ3v) is 5.81. The molecule has 5 nitrogen and oxygen atoms in total. The summed E-state index contributed by atoms with van der Waals surface area (Å²) in [4.78, 5) is 13.3. The van der Waals surface area contributed by atoms with Crippen molar-refractivity contribution < 1.29 is 19.4 Å². The largest absolute Gasteiger partial charge is 0.490 e. The molecule has 0 aliphatic carbocycles. The minimum Gasteiger partial charge on any atom is -0.490 e. The topological polar surface area (TPSA) is 59.0 Å². The molecule has 2 aromatic rings. The van der Waals surface area contributed by atoms with Crippen molar-refractivity contribution in [3.63, 3.8) is 0 Å². The van der Waals surface area contributed by atoms with Crippen molar-refractivity contribution >= 4 is 17.9 Å². The Morgan fingerprint density at radius 1 is 1.25 bits per heavy atom. The lowest BCUT2D eigenvalue weighted by Gasteiger charge is -2.39. The third-order valence-electron chi connectivity index (χ3n) is 5.58. The van der Waals surface area contributed by atoms with E-state index < -0.39 is 6.10 Å². The van der Waals surface area contributed by atoms with Gasteiger partial charge in [0, 0.05) is 43.9 Å². The summed E-state index contributed by atoms with van der Waals surface area (Å²) in [6, 6.07) is 12.9. The van der Waals surface area contributed by atoms with Crippen LogP contribution in [-0.2, 0) is 6.42 Å². The van der Waals surface area contributed by atoms with Crippen LogP contribution in [0.15, 0.2) is 42.5 Å². The van der Waals surface area contributed by atoms with Crippen LogP contribution in [-0.4, -0.2) is 54.2 Å². The van der Waals surface area contributed by atoms with Crippen LogP contribution in [0.25, 0.3) is 0 Å². The van der Waals surface area contributed by atoms with E-state index in [0.717, 1.165) is 49.4 Å². The maximum Gasteiger partial charge on any atom is 0.153 e. The number of aliphatic hydroxyl groups excluding tert-OH is 1. The molecule has 2 aliphatic heterocycles. The fourth-order valence-corrected chi connectivity index (χ4v) is 4.26. The number of para-hydroxylation sites is 1. The number of hydrogen-bond donors (Lipinski definition) is 1. The van der Waals surface area contributed by atoms with Gasteiger partial charge in [-0.05, 0) is 35.9 Å². The number of carbonyl (C=O) groups excluding carboxylic acids is 1. The third kappa shape index (κ3) is 4.17. The molecule has 148 valence electrons. The minimum atomic E-state index is -0.616. The highest BCUT2D eigenvalue weighted by Crippen LogP contribution is 2.41. The zero-order valence-electron chi connectivity index (χ0n) is 15.6. The summed E-state index contributed by atoms with van der Waals surface area (Å²) in [5.74, 6) is 1.45. The van der Waals surface area contributed by atoms with Crippen molar-refractivity contribution in [1.82, 2.24) is 4.90 Å². The summed E-state index contributed by atoms with van der Waals surface area (Å²) < 4.78 is 11.9. The molecular weight excluding hydrogens is 378 g/mol. The summed E-state index contributed by atoms with van der Waals surface area (Å²) in [5.41, 5.74) is 1.53. The Bertz CT molecular complexity index is 848. The number of hydrogen-bond acceptors (Lipinski definition) is 5. The van der Waals surface area contributed by atoms with Crippen molar-refractivity contribution in [3.05, 3.63) is 58.6 Å². The maximum atomic E-state index is 11.0. The van der Waals surface area contributed by atoms with Crippen LogP contribution >= 0.6 is 11.6 Å². The fraction of sp³-hybridized carbons (Fsp3) is 0.409. The first kappa shape index (κ1) is 19.2. The van der Waals surface area contributed by atoms with Crippen LogP contribution in [0.5, 0.6) is 11.5 Å². The SMILES string of the molecule is O=Cc1ccccc1OC[C@H](O)CN1CCC2(CC1)Cc1cc(Cl)ccc1O2. The lowest BCUT2D eigenvalue weighted by Crippen LogP contribution is -2.49. The maximum absolute atomic E-state index is 11.0. The monoisotopic (exact) mass is 401 g/mol. The highest BCUT2D eigenvalue weighted by atomic mass is 35.5. The number of aldehydes is 1. The molecule has 0 saturated carbocycles. The number of fused-ring (bicyclic) bond motifs is 1. The fourth-order valence-electron chi connectivity index (χ4n) is 4.07. The van der Waals surface area contributed by atoms with Crippen molar-refractivity contribution in [2.24, 2.45) is 0 Å². The van der Waals surface area contributed by atoms with E-state index in [-0.39, 0.29) is 12.2 Å². The van der Waals surface area contributed by atoms with Crippen molar-refractivity contribution in [2.45, 2.75) is 31.0 Å². The van der Waals surface area contributed by atoms with Crippen molar-refractivity contribution in [1.29, 1.82) is 0 Å².